The van der Waals surface area contributed by atoms with Crippen molar-refractivity contribution < 1.29 is 23.1 Å². The number of ether oxygens (including phenoxy) is 1. The Balaban J connectivity index is 1.42. The Bertz CT molecular complexity index is 1020. The maximum Gasteiger partial charge on any atom is 0.262 e. The molecule has 1 heterocycles. The van der Waals surface area contributed by atoms with Crippen LogP contribution in [0.2, 0.25) is 0 Å². The first-order chi connectivity index (χ1) is 13.4. The van der Waals surface area contributed by atoms with E-state index in [2.05, 4.69) is 5.32 Å². The van der Waals surface area contributed by atoms with Crippen LogP contribution in [0, 0.1) is 0 Å². The van der Waals surface area contributed by atoms with Crippen LogP contribution in [0.15, 0.2) is 36.4 Å². The largest absolute Gasteiger partial charge is 0.506 e. The van der Waals surface area contributed by atoms with E-state index in [1.807, 2.05) is 18.2 Å². The molecule has 0 unspecified atom stereocenters. The van der Waals surface area contributed by atoms with Crippen LogP contribution in [0.1, 0.15) is 24.0 Å². The number of amides is 1. The number of nitrogens with one attached hydrogen (secondary N) is 1. The van der Waals surface area contributed by atoms with E-state index in [0.717, 1.165) is 19.3 Å². The molecule has 0 atom stereocenters. The van der Waals surface area contributed by atoms with Gasteiger partial charge < -0.3 is 15.2 Å². The number of fused-ring (bicyclic) bond motifs is 1. The zero-order chi connectivity index (χ0) is 19.7. The molecular weight excluding hydrogens is 380 g/mol. The van der Waals surface area contributed by atoms with Crippen LogP contribution in [0.3, 0.4) is 0 Å². The summed E-state index contributed by atoms with van der Waals surface area (Å²) in [6.07, 6.45) is 3.80. The molecule has 28 heavy (non-hydrogen) atoms. The van der Waals surface area contributed by atoms with Crippen LogP contribution in [0.5, 0.6) is 11.5 Å². The van der Waals surface area contributed by atoms with Gasteiger partial charge in [-0.1, -0.05) is 6.07 Å². The maximum atomic E-state index is 12.3. The summed E-state index contributed by atoms with van der Waals surface area (Å²) in [6.45, 7) is 0.187. The number of hydrogen-bond acceptors (Lipinski definition) is 5. The molecule has 1 saturated heterocycles. The predicted octanol–water partition coefficient (Wildman–Crippen LogP) is 2.44. The first-order valence-corrected chi connectivity index (χ1v) is 10.9. The van der Waals surface area contributed by atoms with Gasteiger partial charge in [0.15, 0.2) is 6.61 Å². The minimum atomic E-state index is -3.34. The van der Waals surface area contributed by atoms with Gasteiger partial charge in [0, 0.05) is 6.54 Å². The van der Waals surface area contributed by atoms with Crippen LogP contribution in [0.4, 0.5) is 11.4 Å². The molecule has 1 aliphatic heterocycles. The second-order valence-corrected chi connectivity index (χ2v) is 9.08. The van der Waals surface area contributed by atoms with E-state index in [0.29, 0.717) is 24.4 Å². The van der Waals surface area contributed by atoms with Crippen molar-refractivity contribution in [1.82, 2.24) is 0 Å². The van der Waals surface area contributed by atoms with Crippen molar-refractivity contribution in [3.05, 3.63) is 47.5 Å². The van der Waals surface area contributed by atoms with E-state index in [1.54, 1.807) is 0 Å². The number of carbonyl (C=O) groups excluding carboxylic acids is 1. The van der Waals surface area contributed by atoms with Gasteiger partial charge in [-0.3, -0.25) is 9.10 Å². The summed E-state index contributed by atoms with van der Waals surface area (Å²) in [6, 6.07) is 10.2. The fraction of sp³-hybridized carbons (Fsp3) is 0.350. The topological polar surface area (TPSA) is 95.9 Å². The molecule has 1 aliphatic carbocycles. The average molecular weight is 402 g/mol. The van der Waals surface area contributed by atoms with Gasteiger partial charge in [-0.05, 0) is 67.1 Å². The summed E-state index contributed by atoms with van der Waals surface area (Å²) in [7, 11) is -3.34. The highest BCUT2D eigenvalue weighted by atomic mass is 32.2. The van der Waals surface area contributed by atoms with Crippen LogP contribution >= 0.6 is 0 Å². The van der Waals surface area contributed by atoms with Gasteiger partial charge in [-0.2, -0.15) is 0 Å². The Kier molecular flexibility index (Phi) is 4.89. The predicted molar refractivity (Wildman–Crippen MR) is 106 cm³/mol. The van der Waals surface area contributed by atoms with E-state index in [-0.39, 0.29) is 23.8 Å². The lowest BCUT2D eigenvalue weighted by atomic mass is 10.1. The second-order valence-electron chi connectivity index (χ2n) is 7.06. The number of carbonyl (C=O) groups is 1. The zero-order valence-corrected chi connectivity index (χ0v) is 16.2. The van der Waals surface area contributed by atoms with Crippen molar-refractivity contribution in [2.24, 2.45) is 0 Å². The van der Waals surface area contributed by atoms with Gasteiger partial charge in [0.2, 0.25) is 10.0 Å². The van der Waals surface area contributed by atoms with E-state index >= 15 is 0 Å². The Hall–Kier alpha value is -2.74. The van der Waals surface area contributed by atoms with Crippen molar-refractivity contribution in [3.8, 4) is 11.5 Å². The van der Waals surface area contributed by atoms with E-state index in [9.17, 15) is 18.3 Å². The number of sulfonamides is 1. The molecule has 0 spiro atoms. The lowest BCUT2D eigenvalue weighted by Crippen LogP contribution is -2.25. The summed E-state index contributed by atoms with van der Waals surface area (Å²) < 4.78 is 31.0. The average Bonchev–Trinajstić information content (AvgIpc) is 3.27. The first-order valence-electron chi connectivity index (χ1n) is 9.30. The Morgan fingerprint density at radius 3 is 2.71 bits per heavy atom. The molecule has 1 amide bonds. The number of rotatable bonds is 5. The van der Waals surface area contributed by atoms with Crippen LogP contribution in [-0.2, 0) is 27.7 Å². The van der Waals surface area contributed by atoms with Gasteiger partial charge in [0.25, 0.3) is 5.91 Å². The Morgan fingerprint density at radius 1 is 1.11 bits per heavy atom. The number of benzene rings is 2. The summed E-state index contributed by atoms with van der Waals surface area (Å²) in [5.74, 6) is 0.171. The molecular formula is C20H22N2O5S. The van der Waals surface area contributed by atoms with Crippen molar-refractivity contribution in [1.29, 1.82) is 0 Å². The third-order valence-electron chi connectivity index (χ3n) is 5.08. The molecule has 0 aromatic heterocycles. The van der Waals surface area contributed by atoms with Crippen molar-refractivity contribution in [2.45, 2.75) is 25.7 Å². The van der Waals surface area contributed by atoms with Crippen LogP contribution in [0.25, 0.3) is 0 Å². The standard InChI is InChI=1S/C20H22N2O5S/c23-19-8-6-16(22-9-2-10-28(22,25)26)12-18(19)21-20(24)13-27-17-7-5-14-3-1-4-15(14)11-17/h5-8,11-12,23H,1-4,9-10,13H2,(H,21,24). The van der Waals surface area contributed by atoms with Crippen molar-refractivity contribution in [2.75, 3.05) is 28.5 Å². The normalized spacial score (nSPS) is 17.4. The number of phenols is 1. The third-order valence-corrected chi connectivity index (χ3v) is 6.95. The lowest BCUT2D eigenvalue weighted by Gasteiger charge is -2.18. The minimum Gasteiger partial charge on any atom is -0.506 e. The Morgan fingerprint density at radius 2 is 1.93 bits per heavy atom. The quantitative estimate of drug-likeness (QED) is 0.749. The molecule has 4 rings (SSSR count). The molecule has 1 fully saturated rings. The van der Waals surface area contributed by atoms with Crippen LogP contribution < -0.4 is 14.4 Å². The maximum absolute atomic E-state index is 12.3. The number of anilines is 2. The van der Waals surface area contributed by atoms with Gasteiger partial charge in [0.05, 0.1) is 17.1 Å². The molecule has 7 nitrogen and oxygen atoms in total. The highest BCUT2D eigenvalue weighted by Gasteiger charge is 2.29. The van der Waals surface area contributed by atoms with Crippen molar-refractivity contribution in [3.63, 3.8) is 0 Å². The fourth-order valence-electron chi connectivity index (χ4n) is 3.68. The Labute approximate surface area is 164 Å². The lowest BCUT2D eigenvalue weighted by molar-refractivity contribution is -0.118. The van der Waals surface area contributed by atoms with Gasteiger partial charge >= 0.3 is 0 Å². The minimum absolute atomic E-state index is 0.101. The first kappa shape index (κ1) is 18.6. The van der Waals surface area contributed by atoms with Crippen molar-refractivity contribution >= 4 is 27.3 Å². The molecule has 148 valence electrons. The molecule has 2 aromatic carbocycles. The van der Waals surface area contributed by atoms with Crippen LogP contribution in [-0.4, -0.2) is 38.3 Å². The number of aryl methyl sites for hydroxylation is 2. The third kappa shape index (κ3) is 3.77. The SMILES string of the molecule is O=C(COc1ccc2c(c1)CCC2)Nc1cc(N2CCCS2(=O)=O)ccc1O. The molecule has 0 radical (unpaired) electrons. The molecule has 0 bridgehead atoms. The number of hydrogen-bond donors (Lipinski definition) is 2. The highest BCUT2D eigenvalue weighted by molar-refractivity contribution is 7.93. The van der Waals surface area contributed by atoms with E-state index in [4.69, 9.17) is 4.74 Å². The molecule has 2 aromatic rings. The monoisotopic (exact) mass is 402 g/mol. The molecule has 2 aliphatic rings. The number of nitrogens with zero attached hydrogens (tertiary/aromatic N) is 1. The highest BCUT2D eigenvalue weighted by Crippen LogP contribution is 2.32. The smallest absolute Gasteiger partial charge is 0.262 e. The number of aromatic hydroxyl groups is 1. The molecule has 0 saturated carbocycles. The molecule has 2 N–H and O–H groups in total. The fourth-order valence-corrected chi connectivity index (χ4v) is 5.24. The van der Waals surface area contributed by atoms with Gasteiger partial charge in [-0.15, -0.1) is 0 Å². The van der Waals surface area contributed by atoms with E-state index in [1.165, 1.54) is 33.6 Å². The second kappa shape index (κ2) is 7.35. The van der Waals surface area contributed by atoms with Gasteiger partial charge in [0.1, 0.15) is 11.5 Å². The molecule has 8 heteroatoms. The summed E-state index contributed by atoms with van der Waals surface area (Å²) >= 11 is 0. The van der Waals surface area contributed by atoms with E-state index < -0.39 is 15.9 Å². The number of phenolic OH excluding ortho intramolecular Hbond substituents is 1. The van der Waals surface area contributed by atoms with Gasteiger partial charge in [-0.25, -0.2) is 8.42 Å². The summed E-state index contributed by atoms with van der Waals surface area (Å²) in [5.41, 5.74) is 3.16. The zero-order valence-electron chi connectivity index (χ0n) is 15.3. The summed E-state index contributed by atoms with van der Waals surface area (Å²) in [5, 5.41) is 12.6. The summed E-state index contributed by atoms with van der Waals surface area (Å²) in [4.78, 5) is 12.3.